The largest absolute Gasteiger partial charge is 0.385 e. The van der Waals surface area contributed by atoms with Crippen molar-refractivity contribution in [1.82, 2.24) is 0 Å². The molecule has 0 amide bonds. The van der Waals surface area contributed by atoms with Gasteiger partial charge in [0.1, 0.15) is 0 Å². The van der Waals surface area contributed by atoms with Gasteiger partial charge >= 0.3 is 0 Å². The first-order valence-corrected chi connectivity index (χ1v) is 12.8. The minimum absolute atomic E-state index is 0.296. The molecule has 0 aromatic heterocycles. The molecular weight excluding hydrogens is 284 g/mol. The van der Waals surface area contributed by atoms with E-state index < -0.39 is 0 Å². The van der Waals surface area contributed by atoms with Crippen molar-refractivity contribution in [2.45, 2.75) is 95.7 Å². The van der Waals surface area contributed by atoms with Crippen LogP contribution in [0.25, 0.3) is 0 Å². The number of hydrogen-bond donors (Lipinski definition) is 0. The van der Waals surface area contributed by atoms with Crippen molar-refractivity contribution >= 4 is 8.80 Å². The Morgan fingerprint density at radius 3 is 2.18 bits per heavy atom. The van der Waals surface area contributed by atoms with E-state index in [9.17, 15) is 0 Å². The Labute approximate surface area is 141 Å². The van der Waals surface area contributed by atoms with Crippen LogP contribution in [-0.4, -0.2) is 22.5 Å². The van der Waals surface area contributed by atoms with Crippen LogP contribution < -0.4 is 0 Å². The topological polar surface area (TPSA) is 9.23 Å². The molecule has 2 heteroatoms. The van der Waals surface area contributed by atoms with Gasteiger partial charge in [0.15, 0.2) is 0 Å². The van der Waals surface area contributed by atoms with Crippen LogP contribution in [0, 0.1) is 17.8 Å². The fourth-order valence-electron chi connectivity index (χ4n) is 5.10. The third-order valence-corrected chi connectivity index (χ3v) is 10.2. The van der Waals surface area contributed by atoms with E-state index in [0.717, 1.165) is 24.4 Å². The van der Waals surface area contributed by atoms with Gasteiger partial charge in [0.2, 0.25) is 0 Å². The molecule has 22 heavy (non-hydrogen) atoms. The van der Waals surface area contributed by atoms with Crippen LogP contribution in [-0.2, 0) is 4.74 Å². The Morgan fingerprint density at radius 2 is 1.55 bits per heavy atom. The van der Waals surface area contributed by atoms with E-state index >= 15 is 0 Å². The summed E-state index contributed by atoms with van der Waals surface area (Å²) < 4.78 is 5.20. The second kappa shape index (κ2) is 10.9. The molecular formula is C20H40OSi. The third-order valence-electron chi connectivity index (χ3n) is 6.63. The summed E-state index contributed by atoms with van der Waals surface area (Å²) in [7, 11) is 1.54. The fourth-order valence-corrected chi connectivity index (χ4v) is 8.63. The van der Waals surface area contributed by atoms with E-state index in [4.69, 9.17) is 4.74 Å². The summed E-state index contributed by atoms with van der Waals surface area (Å²) in [5.74, 6) is 3.24. The summed E-state index contributed by atoms with van der Waals surface area (Å²) in [6, 6.07) is 5.02. The van der Waals surface area contributed by atoms with Crippen LogP contribution in [0.5, 0.6) is 0 Å². The molecule has 0 N–H and O–H groups in total. The molecule has 2 fully saturated rings. The van der Waals surface area contributed by atoms with Gasteiger partial charge in [-0.2, -0.15) is 0 Å². The maximum absolute atomic E-state index is 5.20. The van der Waals surface area contributed by atoms with Gasteiger partial charge in [0.05, 0.1) is 0 Å². The molecule has 1 aliphatic heterocycles. The molecule has 1 heterocycles. The van der Waals surface area contributed by atoms with Crippen molar-refractivity contribution in [3.63, 3.8) is 0 Å². The lowest BCUT2D eigenvalue weighted by Gasteiger charge is -2.37. The van der Waals surface area contributed by atoms with Gasteiger partial charge in [-0.25, -0.2) is 0 Å². The summed E-state index contributed by atoms with van der Waals surface area (Å²) in [5.41, 5.74) is 0. The summed E-state index contributed by atoms with van der Waals surface area (Å²) in [4.78, 5) is 0. The predicted molar refractivity (Wildman–Crippen MR) is 100 cm³/mol. The minimum Gasteiger partial charge on any atom is -0.385 e. The van der Waals surface area contributed by atoms with E-state index in [1.54, 1.807) is 50.2 Å². The quantitative estimate of drug-likeness (QED) is 0.371. The predicted octanol–water partition coefficient (Wildman–Crippen LogP) is 6.05. The number of hydrogen-bond acceptors (Lipinski definition) is 1. The first kappa shape index (κ1) is 18.5. The molecule has 1 aliphatic carbocycles. The molecule has 1 nitrogen and oxygen atoms in total. The van der Waals surface area contributed by atoms with Gasteiger partial charge in [-0.1, -0.05) is 70.0 Å². The maximum Gasteiger partial charge on any atom is 0.0462 e. The average Bonchev–Trinajstić information content (AvgIpc) is 2.57. The van der Waals surface area contributed by atoms with E-state index in [0.29, 0.717) is 0 Å². The number of ether oxygens (including phenoxy) is 1. The zero-order valence-corrected chi connectivity index (χ0v) is 16.5. The Kier molecular flexibility index (Phi) is 9.14. The highest BCUT2D eigenvalue weighted by atomic mass is 28.3. The molecule has 0 radical (unpaired) electrons. The molecule has 1 saturated heterocycles. The SMILES string of the molecule is CCCCC[SiH]1CCC(C2CCC(CCCOC)CC2)CC1. The number of rotatable bonds is 9. The van der Waals surface area contributed by atoms with Crippen molar-refractivity contribution in [3.05, 3.63) is 0 Å². The average molecular weight is 325 g/mol. The minimum atomic E-state index is -0.296. The molecule has 2 aliphatic rings. The van der Waals surface area contributed by atoms with E-state index in [2.05, 4.69) is 6.92 Å². The normalized spacial score (nSPS) is 33.0. The Morgan fingerprint density at radius 1 is 0.864 bits per heavy atom. The third kappa shape index (κ3) is 6.35. The monoisotopic (exact) mass is 324 g/mol. The van der Waals surface area contributed by atoms with Crippen molar-refractivity contribution in [1.29, 1.82) is 0 Å². The Hall–Kier alpha value is 0.177. The first-order chi connectivity index (χ1) is 10.8. The molecule has 130 valence electrons. The summed E-state index contributed by atoms with van der Waals surface area (Å²) >= 11 is 0. The number of unbranched alkanes of at least 4 members (excludes halogenated alkanes) is 2. The zero-order chi connectivity index (χ0) is 15.6. The molecule has 0 unspecified atom stereocenters. The standard InChI is InChI=1S/C20H40OSi/c1-3-4-5-15-22-16-12-20(13-17-22)19-10-8-18(9-11-19)7-6-14-21-2/h18-20,22H,3-17H2,1-2H3. The van der Waals surface area contributed by atoms with E-state index in [1.165, 1.54) is 38.5 Å². The highest BCUT2D eigenvalue weighted by Crippen LogP contribution is 2.41. The summed E-state index contributed by atoms with van der Waals surface area (Å²) in [5, 5.41) is 0. The maximum atomic E-state index is 5.20. The number of methoxy groups -OCH3 is 1. The molecule has 0 aromatic rings. The van der Waals surface area contributed by atoms with Gasteiger partial charge in [-0.3, -0.25) is 0 Å². The van der Waals surface area contributed by atoms with Gasteiger partial charge in [-0.05, 0) is 43.4 Å². The van der Waals surface area contributed by atoms with Crippen molar-refractivity contribution < 1.29 is 4.74 Å². The molecule has 2 rings (SSSR count). The van der Waals surface area contributed by atoms with Gasteiger partial charge in [-0.15, -0.1) is 0 Å². The Balaban J connectivity index is 1.58. The van der Waals surface area contributed by atoms with E-state index in [-0.39, 0.29) is 8.80 Å². The van der Waals surface area contributed by atoms with Crippen molar-refractivity contribution in [2.75, 3.05) is 13.7 Å². The Bertz CT molecular complexity index is 237. The molecule has 1 saturated carbocycles. The van der Waals surface area contributed by atoms with Crippen LogP contribution in [0.2, 0.25) is 18.1 Å². The highest BCUT2D eigenvalue weighted by molar-refractivity contribution is 6.58. The smallest absolute Gasteiger partial charge is 0.0462 e. The molecule has 0 aromatic carbocycles. The van der Waals surface area contributed by atoms with Crippen LogP contribution in [0.15, 0.2) is 0 Å². The fraction of sp³-hybridized carbons (Fsp3) is 1.00. The van der Waals surface area contributed by atoms with E-state index in [1.807, 2.05) is 7.11 Å². The summed E-state index contributed by atoms with van der Waals surface area (Å²) in [6.45, 7) is 3.30. The molecule has 0 bridgehead atoms. The molecule has 0 spiro atoms. The summed E-state index contributed by atoms with van der Waals surface area (Å²) in [6.07, 6.45) is 16.5. The highest BCUT2D eigenvalue weighted by Gasteiger charge is 2.30. The first-order valence-electron chi connectivity index (χ1n) is 10.3. The van der Waals surface area contributed by atoms with Crippen molar-refractivity contribution in [2.24, 2.45) is 17.8 Å². The van der Waals surface area contributed by atoms with Crippen LogP contribution >= 0.6 is 0 Å². The van der Waals surface area contributed by atoms with Crippen molar-refractivity contribution in [3.8, 4) is 0 Å². The zero-order valence-electron chi connectivity index (χ0n) is 15.3. The second-order valence-corrected chi connectivity index (χ2v) is 11.7. The van der Waals surface area contributed by atoms with Crippen LogP contribution in [0.1, 0.15) is 77.6 Å². The van der Waals surface area contributed by atoms with Crippen LogP contribution in [0.4, 0.5) is 0 Å². The van der Waals surface area contributed by atoms with Gasteiger partial charge < -0.3 is 4.74 Å². The lowest BCUT2D eigenvalue weighted by Crippen LogP contribution is -2.28. The lowest BCUT2D eigenvalue weighted by molar-refractivity contribution is 0.160. The van der Waals surface area contributed by atoms with Crippen LogP contribution in [0.3, 0.4) is 0 Å². The lowest BCUT2D eigenvalue weighted by atomic mass is 9.73. The van der Waals surface area contributed by atoms with Gasteiger partial charge in [0, 0.05) is 22.5 Å². The molecule has 0 atom stereocenters. The van der Waals surface area contributed by atoms with Gasteiger partial charge in [0.25, 0.3) is 0 Å². The second-order valence-electron chi connectivity index (χ2n) is 8.19.